The number of hydrogen-bond acceptors (Lipinski definition) is 2. The fourth-order valence-electron chi connectivity index (χ4n) is 3.53. The SMILES string of the molecule is Cc1cn([C@@H]2CCc3ccccc3[C@@H]2O)nc1-c1ccccc1. The minimum atomic E-state index is -0.497. The maximum atomic E-state index is 10.8. The number of aromatic nitrogens is 2. The Morgan fingerprint density at radius 2 is 1.78 bits per heavy atom. The van der Waals surface area contributed by atoms with Crippen molar-refractivity contribution < 1.29 is 5.11 Å². The first-order valence-corrected chi connectivity index (χ1v) is 8.11. The van der Waals surface area contributed by atoms with E-state index in [1.807, 2.05) is 41.1 Å². The Morgan fingerprint density at radius 1 is 1.04 bits per heavy atom. The molecule has 0 aliphatic heterocycles. The van der Waals surface area contributed by atoms with Gasteiger partial charge in [-0.3, -0.25) is 4.68 Å². The third-order valence-electron chi connectivity index (χ3n) is 4.75. The van der Waals surface area contributed by atoms with Crippen LogP contribution in [0, 0.1) is 6.92 Å². The number of aryl methyl sites for hydroxylation is 2. The van der Waals surface area contributed by atoms with Crippen molar-refractivity contribution in [1.29, 1.82) is 0 Å². The Hall–Kier alpha value is -2.39. The average Bonchev–Trinajstić information content (AvgIpc) is 2.98. The third kappa shape index (κ3) is 2.47. The number of rotatable bonds is 2. The quantitative estimate of drug-likeness (QED) is 0.774. The predicted octanol–water partition coefficient (Wildman–Crippen LogP) is 4.08. The fourth-order valence-corrected chi connectivity index (χ4v) is 3.53. The van der Waals surface area contributed by atoms with Crippen LogP contribution in [0.25, 0.3) is 11.3 Å². The van der Waals surface area contributed by atoms with Crippen molar-refractivity contribution in [2.45, 2.75) is 31.9 Å². The van der Waals surface area contributed by atoms with E-state index in [4.69, 9.17) is 5.10 Å². The van der Waals surface area contributed by atoms with Crippen LogP contribution >= 0.6 is 0 Å². The van der Waals surface area contributed by atoms with Crippen LogP contribution in [0.2, 0.25) is 0 Å². The number of nitrogens with zero attached hydrogens (tertiary/aromatic N) is 2. The summed E-state index contributed by atoms with van der Waals surface area (Å²) in [7, 11) is 0. The molecule has 0 amide bonds. The summed E-state index contributed by atoms with van der Waals surface area (Å²) in [5, 5.41) is 15.6. The first-order chi connectivity index (χ1) is 11.2. The van der Waals surface area contributed by atoms with Crippen molar-refractivity contribution in [2.75, 3.05) is 0 Å². The largest absolute Gasteiger partial charge is 0.386 e. The van der Waals surface area contributed by atoms with Crippen LogP contribution in [-0.4, -0.2) is 14.9 Å². The molecule has 1 aliphatic carbocycles. The van der Waals surface area contributed by atoms with E-state index in [9.17, 15) is 5.11 Å². The van der Waals surface area contributed by atoms with Crippen molar-refractivity contribution in [3.05, 3.63) is 77.5 Å². The zero-order chi connectivity index (χ0) is 15.8. The molecule has 2 atom stereocenters. The van der Waals surface area contributed by atoms with E-state index < -0.39 is 6.10 Å². The smallest absolute Gasteiger partial charge is 0.102 e. The first kappa shape index (κ1) is 14.2. The van der Waals surface area contributed by atoms with Gasteiger partial charge in [0, 0.05) is 11.8 Å². The van der Waals surface area contributed by atoms with Crippen molar-refractivity contribution in [1.82, 2.24) is 9.78 Å². The van der Waals surface area contributed by atoms with E-state index in [0.717, 1.165) is 35.2 Å². The second-order valence-electron chi connectivity index (χ2n) is 6.26. The lowest BCUT2D eigenvalue weighted by atomic mass is 9.86. The van der Waals surface area contributed by atoms with Gasteiger partial charge in [-0.2, -0.15) is 5.10 Å². The highest BCUT2D eigenvalue weighted by Crippen LogP contribution is 2.38. The van der Waals surface area contributed by atoms with Crippen molar-refractivity contribution in [3.8, 4) is 11.3 Å². The highest BCUT2D eigenvalue weighted by Gasteiger charge is 2.30. The van der Waals surface area contributed by atoms with Crippen LogP contribution < -0.4 is 0 Å². The monoisotopic (exact) mass is 304 g/mol. The summed E-state index contributed by atoms with van der Waals surface area (Å²) >= 11 is 0. The Kier molecular flexibility index (Phi) is 3.50. The van der Waals surface area contributed by atoms with Gasteiger partial charge in [0.05, 0.1) is 11.7 Å². The van der Waals surface area contributed by atoms with E-state index in [1.165, 1.54) is 5.56 Å². The highest BCUT2D eigenvalue weighted by molar-refractivity contribution is 5.62. The molecule has 0 saturated carbocycles. The molecule has 1 aromatic heterocycles. The molecule has 2 aromatic carbocycles. The van der Waals surface area contributed by atoms with Crippen LogP contribution in [0.15, 0.2) is 60.8 Å². The molecule has 3 nitrogen and oxygen atoms in total. The van der Waals surface area contributed by atoms with Gasteiger partial charge in [-0.05, 0) is 36.5 Å². The maximum absolute atomic E-state index is 10.8. The lowest BCUT2D eigenvalue weighted by Gasteiger charge is -2.30. The van der Waals surface area contributed by atoms with E-state index in [2.05, 4.69) is 31.3 Å². The molecular formula is C20H20N2O. The van der Waals surface area contributed by atoms with Gasteiger partial charge in [-0.1, -0.05) is 54.6 Å². The molecule has 0 radical (unpaired) electrons. The minimum absolute atomic E-state index is 0.000984. The average molecular weight is 304 g/mol. The Morgan fingerprint density at radius 3 is 2.61 bits per heavy atom. The fraction of sp³-hybridized carbons (Fsp3) is 0.250. The van der Waals surface area contributed by atoms with Crippen LogP contribution in [-0.2, 0) is 6.42 Å². The van der Waals surface area contributed by atoms with Gasteiger partial charge in [-0.25, -0.2) is 0 Å². The first-order valence-electron chi connectivity index (χ1n) is 8.11. The number of aliphatic hydroxyl groups excluding tert-OH is 1. The van der Waals surface area contributed by atoms with Gasteiger partial charge in [0.2, 0.25) is 0 Å². The van der Waals surface area contributed by atoms with Crippen LogP contribution in [0.5, 0.6) is 0 Å². The molecule has 0 fully saturated rings. The number of benzene rings is 2. The summed E-state index contributed by atoms with van der Waals surface area (Å²) in [4.78, 5) is 0. The normalized spacial score (nSPS) is 20.3. The van der Waals surface area contributed by atoms with Gasteiger partial charge in [0.15, 0.2) is 0 Å². The van der Waals surface area contributed by atoms with Gasteiger partial charge < -0.3 is 5.11 Å². The number of aliphatic hydroxyl groups is 1. The predicted molar refractivity (Wildman–Crippen MR) is 91.2 cm³/mol. The number of fused-ring (bicyclic) bond motifs is 1. The summed E-state index contributed by atoms with van der Waals surface area (Å²) in [5.41, 5.74) is 5.55. The third-order valence-corrected chi connectivity index (χ3v) is 4.75. The summed E-state index contributed by atoms with van der Waals surface area (Å²) in [5.74, 6) is 0. The van der Waals surface area contributed by atoms with Crippen LogP contribution in [0.4, 0.5) is 0 Å². The molecular weight excluding hydrogens is 284 g/mol. The van der Waals surface area contributed by atoms with Crippen LogP contribution in [0.3, 0.4) is 0 Å². The Balaban J connectivity index is 1.70. The van der Waals surface area contributed by atoms with E-state index in [0.29, 0.717) is 0 Å². The molecule has 1 N–H and O–H groups in total. The summed E-state index contributed by atoms with van der Waals surface area (Å²) in [6.07, 6.45) is 3.46. The van der Waals surface area contributed by atoms with Crippen molar-refractivity contribution in [2.24, 2.45) is 0 Å². The summed E-state index contributed by atoms with van der Waals surface area (Å²) < 4.78 is 1.96. The van der Waals surface area contributed by atoms with Gasteiger partial charge in [0.1, 0.15) is 6.10 Å². The minimum Gasteiger partial charge on any atom is -0.386 e. The van der Waals surface area contributed by atoms with Crippen molar-refractivity contribution >= 4 is 0 Å². The molecule has 23 heavy (non-hydrogen) atoms. The Bertz CT molecular complexity index is 823. The van der Waals surface area contributed by atoms with E-state index >= 15 is 0 Å². The van der Waals surface area contributed by atoms with Gasteiger partial charge in [-0.15, -0.1) is 0 Å². The Labute approximate surface area is 136 Å². The molecule has 4 rings (SSSR count). The highest BCUT2D eigenvalue weighted by atomic mass is 16.3. The zero-order valence-electron chi connectivity index (χ0n) is 13.2. The summed E-state index contributed by atoms with van der Waals surface area (Å²) in [6, 6.07) is 18.4. The van der Waals surface area contributed by atoms with Crippen molar-refractivity contribution in [3.63, 3.8) is 0 Å². The molecule has 0 bridgehead atoms. The van der Waals surface area contributed by atoms with Gasteiger partial charge in [0.25, 0.3) is 0 Å². The lowest BCUT2D eigenvalue weighted by molar-refractivity contribution is 0.0923. The van der Waals surface area contributed by atoms with E-state index in [1.54, 1.807) is 0 Å². The molecule has 116 valence electrons. The molecule has 3 aromatic rings. The molecule has 1 aliphatic rings. The standard InChI is InChI=1S/C20H20N2O/c1-14-13-22(21-19(14)16-8-3-2-4-9-16)18-12-11-15-7-5-6-10-17(15)20(18)23/h2-10,13,18,20,23H,11-12H2,1H3/t18-,20+/m1/s1. The zero-order valence-corrected chi connectivity index (χ0v) is 13.2. The second kappa shape index (κ2) is 5.67. The molecule has 1 heterocycles. The molecule has 3 heteroatoms. The summed E-state index contributed by atoms with van der Waals surface area (Å²) in [6.45, 7) is 2.08. The molecule has 0 spiro atoms. The topological polar surface area (TPSA) is 38.0 Å². The van der Waals surface area contributed by atoms with Crippen LogP contribution in [0.1, 0.15) is 35.3 Å². The van der Waals surface area contributed by atoms with E-state index in [-0.39, 0.29) is 6.04 Å². The second-order valence-corrected chi connectivity index (χ2v) is 6.26. The lowest BCUT2D eigenvalue weighted by Crippen LogP contribution is -2.24. The number of hydrogen-bond donors (Lipinski definition) is 1. The molecule has 0 unspecified atom stereocenters. The van der Waals surface area contributed by atoms with Gasteiger partial charge >= 0.3 is 0 Å². The maximum Gasteiger partial charge on any atom is 0.102 e. The molecule has 0 saturated heterocycles.